The number of ether oxygens (including phenoxy) is 5. The third-order valence-electron chi connectivity index (χ3n) is 4.57. The molecule has 2 unspecified atom stereocenters. The van der Waals surface area contributed by atoms with Crippen LogP contribution in [0.5, 0.6) is 17.2 Å². The molecule has 0 spiro atoms. The fourth-order valence-electron chi connectivity index (χ4n) is 2.97. The SMILES string of the molecule is COc1cc(/C=C\C2=CC(OC)C(=O)C(C)(OC)C2)cc(OC)c1OC. The molecule has 0 saturated heterocycles. The van der Waals surface area contributed by atoms with Crippen molar-refractivity contribution in [2.24, 2.45) is 0 Å². The molecule has 0 bridgehead atoms. The molecular weight excluding hydrogens is 336 g/mol. The average molecular weight is 362 g/mol. The van der Waals surface area contributed by atoms with Crippen LogP contribution in [0.2, 0.25) is 0 Å². The van der Waals surface area contributed by atoms with Crippen molar-refractivity contribution in [1.29, 1.82) is 0 Å². The van der Waals surface area contributed by atoms with Crippen molar-refractivity contribution >= 4 is 11.9 Å². The summed E-state index contributed by atoms with van der Waals surface area (Å²) in [6, 6.07) is 3.71. The summed E-state index contributed by atoms with van der Waals surface area (Å²) < 4.78 is 26.8. The largest absolute Gasteiger partial charge is 0.493 e. The average Bonchev–Trinajstić information content (AvgIpc) is 2.67. The molecule has 2 rings (SSSR count). The van der Waals surface area contributed by atoms with Gasteiger partial charge < -0.3 is 23.7 Å². The van der Waals surface area contributed by atoms with Gasteiger partial charge in [-0.3, -0.25) is 4.79 Å². The standard InChI is InChI=1S/C20H26O6/c1-20(26-6)12-14(11-17(24-4)19(20)21)8-7-13-9-15(22-2)18(25-5)16(10-13)23-3/h7-11,17H,12H2,1-6H3/b8-7-. The van der Waals surface area contributed by atoms with Crippen LogP contribution in [-0.2, 0) is 14.3 Å². The van der Waals surface area contributed by atoms with Gasteiger partial charge in [0.25, 0.3) is 0 Å². The minimum atomic E-state index is -0.898. The molecular formula is C20H26O6. The Morgan fingerprint density at radius 2 is 1.62 bits per heavy atom. The smallest absolute Gasteiger partial charge is 0.203 e. The zero-order valence-corrected chi connectivity index (χ0v) is 16.1. The molecule has 2 atom stereocenters. The highest BCUT2D eigenvalue weighted by molar-refractivity contribution is 5.94. The van der Waals surface area contributed by atoms with Gasteiger partial charge in [-0.15, -0.1) is 0 Å². The van der Waals surface area contributed by atoms with E-state index >= 15 is 0 Å². The second kappa shape index (κ2) is 8.38. The van der Waals surface area contributed by atoms with Crippen LogP contribution in [0, 0.1) is 0 Å². The number of rotatable bonds is 7. The summed E-state index contributed by atoms with van der Waals surface area (Å²) in [6.45, 7) is 1.78. The molecule has 0 aromatic heterocycles. The van der Waals surface area contributed by atoms with Crippen molar-refractivity contribution in [3.8, 4) is 17.2 Å². The van der Waals surface area contributed by atoms with Gasteiger partial charge in [0.1, 0.15) is 11.7 Å². The Morgan fingerprint density at radius 3 is 2.08 bits per heavy atom. The molecule has 1 aliphatic rings. The maximum Gasteiger partial charge on any atom is 0.203 e. The highest BCUT2D eigenvalue weighted by Gasteiger charge is 2.41. The Balaban J connectivity index is 2.35. The highest BCUT2D eigenvalue weighted by atomic mass is 16.5. The number of ketones is 1. The number of carbonyl (C=O) groups excluding carboxylic acids is 1. The first kappa shape index (κ1) is 20.0. The Bertz CT molecular complexity index is 696. The molecule has 0 N–H and O–H groups in total. The van der Waals surface area contributed by atoms with E-state index in [1.54, 1.807) is 28.3 Å². The monoisotopic (exact) mass is 362 g/mol. The van der Waals surface area contributed by atoms with Gasteiger partial charge in [0.15, 0.2) is 17.3 Å². The normalized spacial score (nSPS) is 23.1. The molecule has 0 radical (unpaired) electrons. The lowest BCUT2D eigenvalue weighted by Gasteiger charge is -2.33. The third kappa shape index (κ3) is 3.92. The van der Waals surface area contributed by atoms with Crippen molar-refractivity contribution in [3.05, 3.63) is 35.4 Å². The molecule has 1 aromatic rings. The Morgan fingerprint density at radius 1 is 1.00 bits per heavy atom. The molecule has 0 aliphatic heterocycles. The summed E-state index contributed by atoms with van der Waals surface area (Å²) in [7, 11) is 7.77. The van der Waals surface area contributed by atoms with Gasteiger partial charge in [-0.1, -0.05) is 12.2 Å². The number of hydrogen-bond acceptors (Lipinski definition) is 6. The van der Waals surface area contributed by atoms with E-state index in [1.165, 1.54) is 14.2 Å². The first-order chi connectivity index (χ1) is 12.4. The number of Topliss-reactive ketones (excluding diaryl/α,β-unsaturated/α-hetero) is 1. The molecule has 0 saturated carbocycles. The molecule has 1 aliphatic carbocycles. The lowest BCUT2D eigenvalue weighted by Crippen LogP contribution is -2.47. The molecule has 0 heterocycles. The summed E-state index contributed by atoms with van der Waals surface area (Å²) in [5, 5.41) is 0. The molecule has 26 heavy (non-hydrogen) atoms. The molecule has 0 fully saturated rings. The number of benzene rings is 1. The van der Waals surface area contributed by atoms with Crippen LogP contribution in [0.15, 0.2) is 29.9 Å². The van der Waals surface area contributed by atoms with Gasteiger partial charge >= 0.3 is 0 Å². The summed E-state index contributed by atoms with van der Waals surface area (Å²) >= 11 is 0. The number of allylic oxidation sites excluding steroid dienone is 1. The number of methoxy groups -OCH3 is 5. The minimum absolute atomic E-state index is 0.0764. The number of hydrogen-bond donors (Lipinski definition) is 0. The van der Waals surface area contributed by atoms with Gasteiger partial charge in [-0.05, 0) is 36.3 Å². The van der Waals surface area contributed by atoms with Crippen molar-refractivity contribution in [3.63, 3.8) is 0 Å². The van der Waals surface area contributed by atoms with Crippen molar-refractivity contribution in [2.75, 3.05) is 35.5 Å². The van der Waals surface area contributed by atoms with Gasteiger partial charge in [-0.2, -0.15) is 0 Å². The molecule has 6 heteroatoms. The summed E-state index contributed by atoms with van der Waals surface area (Å²) in [5.74, 6) is 1.63. The van der Waals surface area contributed by atoms with Gasteiger partial charge in [0.05, 0.1) is 21.3 Å². The predicted octanol–water partition coefficient (Wildman–Crippen LogP) is 3.04. The lowest BCUT2D eigenvalue weighted by atomic mass is 9.82. The summed E-state index contributed by atoms with van der Waals surface area (Å²) in [6.07, 6.45) is 5.54. The van der Waals surface area contributed by atoms with E-state index in [0.29, 0.717) is 23.7 Å². The fourth-order valence-corrected chi connectivity index (χ4v) is 2.97. The second-order valence-electron chi connectivity index (χ2n) is 6.17. The van der Waals surface area contributed by atoms with E-state index in [-0.39, 0.29) is 5.78 Å². The van der Waals surface area contributed by atoms with Crippen molar-refractivity contribution < 1.29 is 28.5 Å². The zero-order chi connectivity index (χ0) is 19.3. The van der Waals surface area contributed by atoms with Crippen LogP contribution in [0.3, 0.4) is 0 Å². The lowest BCUT2D eigenvalue weighted by molar-refractivity contribution is -0.148. The second-order valence-corrected chi connectivity index (χ2v) is 6.17. The van der Waals surface area contributed by atoms with Crippen LogP contribution < -0.4 is 14.2 Å². The first-order valence-corrected chi connectivity index (χ1v) is 8.23. The minimum Gasteiger partial charge on any atom is -0.493 e. The van der Waals surface area contributed by atoms with E-state index in [0.717, 1.165) is 11.1 Å². The van der Waals surface area contributed by atoms with Crippen LogP contribution in [0.25, 0.3) is 6.08 Å². The van der Waals surface area contributed by atoms with E-state index in [9.17, 15) is 4.79 Å². The van der Waals surface area contributed by atoms with Gasteiger partial charge in [0, 0.05) is 20.6 Å². The van der Waals surface area contributed by atoms with Crippen LogP contribution in [0.4, 0.5) is 0 Å². The maximum atomic E-state index is 12.4. The Kier molecular flexibility index (Phi) is 6.45. The number of carbonyl (C=O) groups is 1. The molecule has 0 amide bonds. The fraction of sp³-hybridized carbons (Fsp3) is 0.450. The zero-order valence-electron chi connectivity index (χ0n) is 16.1. The quantitative estimate of drug-likeness (QED) is 0.743. The predicted molar refractivity (Wildman–Crippen MR) is 99.1 cm³/mol. The maximum absolute atomic E-state index is 12.4. The van der Waals surface area contributed by atoms with E-state index in [1.807, 2.05) is 30.4 Å². The van der Waals surface area contributed by atoms with Crippen LogP contribution in [0.1, 0.15) is 18.9 Å². The van der Waals surface area contributed by atoms with E-state index < -0.39 is 11.7 Å². The van der Waals surface area contributed by atoms with Crippen LogP contribution >= 0.6 is 0 Å². The van der Waals surface area contributed by atoms with Crippen molar-refractivity contribution in [1.82, 2.24) is 0 Å². The third-order valence-corrected chi connectivity index (χ3v) is 4.57. The molecule has 142 valence electrons. The van der Waals surface area contributed by atoms with Gasteiger partial charge in [0.2, 0.25) is 5.75 Å². The van der Waals surface area contributed by atoms with Crippen molar-refractivity contribution in [2.45, 2.75) is 25.0 Å². The molecule has 6 nitrogen and oxygen atoms in total. The van der Waals surface area contributed by atoms with E-state index in [4.69, 9.17) is 23.7 Å². The highest BCUT2D eigenvalue weighted by Crippen LogP contribution is 2.39. The van der Waals surface area contributed by atoms with E-state index in [2.05, 4.69) is 0 Å². The summed E-state index contributed by atoms with van der Waals surface area (Å²) in [5.41, 5.74) is 0.935. The first-order valence-electron chi connectivity index (χ1n) is 8.23. The van der Waals surface area contributed by atoms with Crippen LogP contribution in [-0.4, -0.2) is 53.0 Å². The Hall–Kier alpha value is -2.31. The van der Waals surface area contributed by atoms with Gasteiger partial charge in [-0.25, -0.2) is 0 Å². The summed E-state index contributed by atoms with van der Waals surface area (Å²) in [4.78, 5) is 12.4. The topological polar surface area (TPSA) is 63.2 Å². The Labute approximate surface area is 154 Å². The molecule has 1 aromatic carbocycles.